The van der Waals surface area contributed by atoms with Gasteiger partial charge in [0.05, 0.1) is 12.1 Å². The third-order valence-electron chi connectivity index (χ3n) is 5.24. The van der Waals surface area contributed by atoms with E-state index in [4.69, 9.17) is 4.98 Å². The number of hydrogen-bond donors (Lipinski definition) is 1. The molecule has 128 valence electrons. The summed E-state index contributed by atoms with van der Waals surface area (Å²) in [6.07, 6.45) is 4.78. The number of aliphatic hydroxyl groups excluding tert-OH is 1. The predicted octanol–water partition coefficient (Wildman–Crippen LogP) is 3.59. The summed E-state index contributed by atoms with van der Waals surface area (Å²) >= 11 is 0. The smallest absolute Gasteiger partial charge is 0.153 e. The van der Waals surface area contributed by atoms with Crippen molar-refractivity contribution in [2.24, 2.45) is 0 Å². The maximum absolute atomic E-state index is 9.86. The largest absolute Gasteiger partial charge is 0.392 e. The molecule has 3 heterocycles. The Morgan fingerprint density at radius 2 is 2.04 bits per heavy atom. The highest BCUT2D eigenvalue weighted by atomic mass is 16.3. The van der Waals surface area contributed by atoms with Gasteiger partial charge in [0.25, 0.3) is 0 Å². The predicted molar refractivity (Wildman–Crippen MR) is 102 cm³/mol. The first-order chi connectivity index (χ1) is 12.2. The van der Waals surface area contributed by atoms with E-state index >= 15 is 0 Å². The van der Waals surface area contributed by atoms with Gasteiger partial charge in [-0.25, -0.2) is 4.98 Å². The molecule has 0 saturated carbocycles. The van der Waals surface area contributed by atoms with Gasteiger partial charge in [-0.15, -0.1) is 6.58 Å². The Kier molecular flexibility index (Phi) is 4.06. The molecule has 0 unspecified atom stereocenters. The van der Waals surface area contributed by atoms with Crippen molar-refractivity contribution in [2.75, 3.05) is 11.4 Å². The molecular formula is C21H23N3O. The number of benzene rings is 1. The lowest BCUT2D eigenvalue weighted by Crippen LogP contribution is -2.31. The number of aliphatic hydroxyl groups is 1. The molecule has 1 aliphatic rings. The molecule has 0 atom stereocenters. The summed E-state index contributed by atoms with van der Waals surface area (Å²) in [6.45, 7) is 8.53. The van der Waals surface area contributed by atoms with Crippen LogP contribution in [0.25, 0.3) is 10.9 Å². The zero-order valence-corrected chi connectivity index (χ0v) is 14.6. The summed E-state index contributed by atoms with van der Waals surface area (Å²) < 4.78 is 2.22. The van der Waals surface area contributed by atoms with Gasteiger partial charge in [0.2, 0.25) is 0 Å². The number of nitrogens with zero attached hydrogens (tertiary/aromatic N) is 3. The number of pyridine rings is 1. The van der Waals surface area contributed by atoms with Crippen LogP contribution in [0.2, 0.25) is 0 Å². The average molecular weight is 333 g/mol. The van der Waals surface area contributed by atoms with Crippen molar-refractivity contribution in [3.63, 3.8) is 0 Å². The van der Waals surface area contributed by atoms with Crippen LogP contribution < -0.4 is 4.90 Å². The molecule has 0 aliphatic carbocycles. The number of rotatable bonds is 4. The molecule has 0 spiro atoms. The summed E-state index contributed by atoms with van der Waals surface area (Å²) in [5, 5.41) is 10.9. The Balaban J connectivity index is 1.87. The van der Waals surface area contributed by atoms with E-state index in [1.807, 2.05) is 18.3 Å². The van der Waals surface area contributed by atoms with Crippen molar-refractivity contribution >= 4 is 16.7 Å². The Morgan fingerprint density at radius 1 is 1.24 bits per heavy atom. The maximum Gasteiger partial charge on any atom is 0.153 e. The van der Waals surface area contributed by atoms with Crippen LogP contribution in [0, 0.1) is 6.92 Å². The monoisotopic (exact) mass is 333 g/mol. The van der Waals surface area contributed by atoms with Crippen molar-refractivity contribution in [3.8, 4) is 0 Å². The molecule has 3 aromatic rings. The summed E-state index contributed by atoms with van der Waals surface area (Å²) in [7, 11) is 0. The van der Waals surface area contributed by atoms with E-state index in [9.17, 15) is 5.11 Å². The highest BCUT2D eigenvalue weighted by molar-refractivity contribution is 5.93. The Morgan fingerprint density at radius 3 is 2.80 bits per heavy atom. The molecule has 0 bridgehead atoms. The topological polar surface area (TPSA) is 41.3 Å². The lowest BCUT2D eigenvalue weighted by Gasteiger charge is -2.30. The minimum Gasteiger partial charge on any atom is -0.392 e. The first-order valence-corrected chi connectivity index (χ1v) is 8.74. The third-order valence-corrected chi connectivity index (χ3v) is 5.24. The highest BCUT2D eigenvalue weighted by Crippen LogP contribution is 2.34. The van der Waals surface area contributed by atoms with Gasteiger partial charge in [-0.05, 0) is 30.5 Å². The second-order valence-corrected chi connectivity index (χ2v) is 6.59. The molecule has 2 aromatic heterocycles. The van der Waals surface area contributed by atoms with Gasteiger partial charge in [-0.2, -0.15) is 0 Å². The number of anilines is 1. The molecule has 4 heteroatoms. The Labute approximate surface area is 148 Å². The molecule has 25 heavy (non-hydrogen) atoms. The van der Waals surface area contributed by atoms with Gasteiger partial charge >= 0.3 is 0 Å². The molecule has 0 saturated heterocycles. The van der Waals surface area contributed by atoms with Crippen LogP contribution in [0.4, 0.5) is 5.82 Å². The molecule has 1 N–H and O–H groups in total. The van der Waals surface area contributed by atoms with Gasteiger partial charge in [0.15, 0.2) is 5.82 Å². The van der Waals surface area contributed by atoms with Crippen molar-refractivity contribution in [3.05, 3.63) is 71.6 Å². The van der Waals surface area contributed by atoms with Gasteiger partial charge in [0.1, 0.15) is 0 Å². The summed E-state index contributed by atoms with van der Waals surface area (Å²) in [5.41, 5.74) is 5.97. The number of fused-ring (bicyclic) bond motifs is 2. The van der Waals surface area contributed by atoms with E-state index in [0.717, 1.165) is 47.5 Å². The standard InChI is InChI=1S/C21H23N3O/c1-3-11-24-15(2)19(14-25)18-8-10-22-21(20(18)24)23-12-9-16-6-4-5-7-17(16)13-23/h3-8,10,25H,1,9,11-14H2,2H3. The van der Waals surface area contributed by atoms with Crippen LogP contribution in [0.15, 0.2) is 49.2 Å². The van der Waals surface area contributed by atoms with E-state index in [2.05, 4.69) is 47.2 Å². The SMILES string of the molecule is C=CCn1c(C)c(CO)c2ccnc(N3CCc4ccccc4C3)c21. The van der Waals surface area contributed by atoms with Crippen molar-refractivity contribution in [1.29, 1.82) is 0 Å². The van der Waals surface area contributed by atoms with Crippen LogP contribution in [0.1, 0.15) is 22.4 Å². The molecule has 1 aliphatic heterocycles. The quantitative estimate of drug-likeness (QED) is 0.742. The molecule has 0 amide bonds. The van der Waals surface area contributed by atoms with Gasteiger partial charge < -0.3 is 14.6 Å². The van der Waals surface area contributed by atoms with E-state index in [1.165, 1.54) is 11.1 Å². The number of aromatic nitrogens is 2. The van der Waals surface area contributed by atoms with Crippen molar-refractivity contribution in [1.82, 2.24) is 9.55 Å². The van der Waals surface area contributed by atoms with Crippen molar-refractivity contribution in [2.45, 2.75) is 33.0 Å². The van der Waals surface area contributed by atoms with Crippen molar-refractivity contribution < 1.29 is 5.11 Å². The second-order valence-electron chi connectivity index (χ2n) is 6.59. The van der Waals surface area contributed by atoms with Crippen LogP contribution >= 0.6 is 0 Å². The Bertz CT molecular complexity index is 942. The second kappa shape index (κ2) is 6.37. The minimum absolute atomic E-state index is 0.0404. The fourth-order valence-electron chi connectivity index (χ4n) is 3.94. The number of hydrogen-bond acceptors (Lipinski definition) is 3. The van der Waals surface area contributed by atoms with Gasteiger partial charge in [-0.1, -0.05) is 30.3 Å². The van der Waals surface area contributed by atoms with E-state index in [0.29, 0.717) is 6.54 Å². The maximum atomic E-state index is 9.86. The molecule has 4 nitrogen and oxygen atoms in total. The minimum atomic E-state index is 0.0404. The lowest BCUT2D eigenvalue weighted by molar-refractivity contribution is 0.282. The summed E-state index contributed by atoms with van der Waals surface area (Å²) in [6, 6.07) is 10.6. The summed E-state index contributed by atoms with van der Waals surface area (Å²) in [5.74, 6) is 0.997. The fourth-order valence-corrected chi connectivity index (χ4v) is 3.94. The van der Waals surface area contributed by atoms with E-state index in [1.54, 1.807) is 0 Å². The van der Waals surface area contributed by atoms with E-state index in [-0.39, 0.29) is 6.61 Å². The van der Waals surface area contributed by atoms with E-state index < -0.39 is 0 Å². The highest BCUT2D eigenvalue weighted by Gasteiger charge is 2.23. The first-order valence-electron chi connectivity index (χ1n) is 8.74. The van der Waals surface area contributed by atoms with Crippen LogP contribution in [0.3, 0.4) is 0 Å². The molecule has 0 radical (unpaired) electrons. The van der Waals surface area contributed by atoms with Gasteiger partial charge in [-0.3, -0.25) is 0 Å². The van der Waals surface area contributed by atoms with Crippen LogP contribution in [-0.4, -0.2) is 21.2 Å². The normalized spacial score (nSPS) is 13.9. The first kappa shape index (κ1) is 15.9. The van der Waals surface area contributed by atoms with Crippen LogP contribution in [0.5, 0.6) is 0 Å². The average Bonchev–Trinajstić information content (AvgIpc) is 2.93. The van der Waals surface area contributed by atoms with Gasteiger partial charge in [0, 0.05) is 42.5 Å². The zero-order valence-electron chi connectivity index (χ0n) is 14.6. The number of allylic oxidation sites excluding steroid dienone is 1. The third kappa shape index (κ3) is 2.53. The Hall–Kier alpha value is -2.59. The zero-order chi connectivity index (χ0) is 17.4. The summed E-state index contributed by atoms with van der Waals surface area (Å²) in [4.78, 5) is 7.08. The van der Waals surface area contributed by atoms with Crippen LogP contribution in [-0.2, 0) is 26.1 Å². The molecule has 0 fully saturated rings. The fraction of sp³-hybridized carbons (Fsp3) is 0.286. The molecule has 1 aromatic carbocycles. The lowest BCUT2D eigenvalue weighted by atomic mass is 10.00. The molecule has 4 rings (SSSR count). The molecular weight excluding hydrogens is 310 g/mol.